The van der Waals surface area contributed by atoms with E-state index in [-0.39, 0.29) is 11.9 Å². The van der Waals surface area contributed by atoms with E-state index in [1.54, 1.807) is 0 Å². The minimum atomic E-state index is -1.19. The van der Waals surface area contributed by atoms with E-state index in [4.69, 9.17) is 21.3 Å². The molecular weight excluding hydrogens is 578 g/mol. The second kappa shape index (κ2) is 13.1. The fourth-order valence-corrected chi connectivity index (χ4v) is 5.91. The van der Waals surface area contributed by atoms with Crippen molar-refractivity contribution in [3.63, 3.8) is 0 Å². The number of aromatic nitrogens is 4. The number of piperazine rings is 1. The lowest BCUT2D eigenvalue weighted by Gasteiger charge is -2.32. The van der Waals surface area contributed by atoms with E-state index in [0.29, 0.717) is 46.9 Å². The molecule has 11 heteroatoms. The van der Waals surface area contributed by atoms with E-state index in [2.05, 4.69) is 49.7 Å². The molecule has 2 aliphatic rings. The SMILES string of the molecule is Cc1ccc(OCCCN2CCN(C)CC2)c(-c2nc3nc(C(=O)O)nc(N[C@H](C)C4CC4)c3n2Cc2ccc(Cl)cc2)c1. The van der Waals surface area contributed by atoms with Gasteiger partial charge in [0.15, 0.2) is 11.5 Å². The molecule has 2 aromatic heterocycles. The Morgan fingerprint density at radius 3 is 2.55 bits per heavy atom. The molecule has 2 aromatic carbocycles. The lowest BCUT2D eigenvalue weighted by molar-refractivity contribution is 0.0684. The first-order valence-corrected chi connectivity index (χ1v) is 15.8. The quantitative estimate of drug-likeness (QED) is 0.201. The van der Waals surface area contributed by atoms with Crippen molar-refractivity contribution < 1.29 is 14.6 Å². The number of carbonyl (C=O) groups is 1. The first-order valence-electron chi connectivity index (χ1n) is 15.4. The van der Waals surface area contributed by atoms with E-state index in [1.165, 1.54) is 0 Å². The summed E-state index contributed by atoms with van der Waals surface area (Å²) in [4.78, 5) is 30.8. The number of halogens is 1. The number of likely N-dealkylation sites (N-methyl/N-ethyl adjacent to an activating group) is 1. The molecule has 2 fully saturated rings. The van der Waals surface area contributed by atoms with Crippen LogP contribution in [0.2, 0.25) is 5.02 Å². The number of ether oxygens (including phenoxy) is 1. The Balaban J connectivity index is 1.39. The average Bonchev–Trinajstić information content (AvgIpc) is 3.80. The smallest absolute Gasteiger partial charge is 0.374 e. The number of nitrogens with one attached hydrogen (secondary N) is 1. The van der Waals surface area contributed by atoms with Gasteiger partial charge in [-0.25, -0.2) is 19.7 Å². The Morgan fingerprint density at radius 2 is 1.84 bits per heavy atom. The molecule has 0 radical (unpaired) electrons. The molecule has 44 heavy (non-hydrogen) atoms. The number of benzene rings is 2. The van der Waals surface area contributed by atoms with E-state index in [9.17, 15) is 9.90 Å². The zero-order valence-corrected chi connectivity index (χ0v) is 26.3. The number of imidazole rings is 1. The number of aromatic carboxylic acids is 1. The van der Waals surface area contributed by atoms with Gasteiger partial charge in [0.2, 0.25) is 5.82 Å². The van der Waals surface area contributed by atoms with Crippen LogP contribution in [0.15, 0.2) is 42.5 Å². The van der Waals surface area contributed by atoms with Crippen molar-refractivity contribution in [2.24, 2.45) is 5.92 Å². The second-order valence-corrected chi connectivity index (χ2v) is 12.6. The van der Waals surface area contributed by atoms with Crippen LogP contribution < -0.4 is 10.1 Å². The van der Waals surface area contributed by atoms with Crippen molar-refractivity contribution in [1.29, 1.82) is 0 Å². The highest BCUT2D eigenvalue weighted by atomic mass is 35.5. The molecule has 10 nitrogen and oxygen atoms in total. The van der Waals surface area contributed by atoms with Gasteiger partial charge in [-0.05, 0) is 75.9 Å². The van der Waals surface area contributed by atoms with Crippen molar-refractivity contribution in [1.82, 2.24) is 29.3 Å². The summed E-state index contributed by atoms with van der Waals surface area (Å²) in [6.07, 6.45) is 3.20. The summed E-state index contributed by atoms with van der Waals surface area (Å²) in [5.41, 5.74) is 3.90. The first-order chi connectivity index (χ1) is 21.2. The minimum Gasteiger partial charge on any atom is -0.493 e. The first kappa shape index (κ1) is 30.3. The Kier molecular flexibility index (Phi) is 9.02. The van der Waals surface area contributed by atoms with Crippen LogP contribution in [0.3, 0.4) is 0 Å². The number of anilines is 1. The molecule has 1 atom stereocenters. The molecule has 0 amide bonds. The van der Waals surface area contributed by atoms with Gasteiger partial charge in [0.1, 0.15) is 17.1 Å². The number of carboxylic acids is 1. The Morgan fingerprint density at radius 1 is 1.09 bits per heavy atom. The highest BCUT2D eigenvalue weighted by Crippen LogP contribution is 2.37. The van der Waals surface area contributed by atoms with E-state index in [0.717, 1.165) is 74.4 Å². The zero-order chi connectivity index (χ0) is 30.8. The van der Waals surface area contributed by atoms with Crippen LogP contribution in [-0.4, -0.2) is 92.8 Å². The number of aryl methyl sites for hydroxylation is 1. The molecule has 1 saturated carbocycles. The number of rotatable bonds is 12. The lowest BCUT2D eigenvalue weighted by Crippen LogP contribution is -2.44. The molecule has 1 aliphatic carbocycles. The molecule has 3 heterocycles. The highest BCUT2D eigenvalue weighted by molar-refractivity contribution is 6.30. The van der Waals surface area contributed by atoms with Gasteiger partial charge in [0.05, 0.1) is 12.2 Å². The number of nitrogens with zero attached hydrogens (tertiary/aromatic N) is 6. The summed E-state index contributed by atoms with van der Waals surface area (Å²) in [6, 6.07) is 13.9. The van der Waals surface area contributed by atoms with Gasteiger partial charge in [0, 0.05) is 50.3 Å². The Hall–Kier alpha value is -3.73. The predicted molar refractivity (Wildman–Crippen MR) is 173 cm³/mol. The number of fused-ring (bicyclic) bond motifs is 1. The highest BCUT2D eigenvalue weighted by Gasteiger charge is 2.30. The monoisotopic (exact) mass is 617 g/mol. The Bertz CT molecular complexity index is 1630. The van der Waals surface area contributed by atoms with Crippen LogP contribution in [0, 0.1) is 12.8 Å². The van der Waals surface area contributed by atoms with Gasteiger partial charge < -0.3 is 29.5 Å². The van der Waals surface area contributed by atoms with Crippen LogP contribution in [0.4, 0.5) is 5.82 Å². The molecule has 1 saturated heterocycles. The fraction of sp³-hybridized carbons (Fsp3) is 0.455. The van der Waals surface area contributed by atoms with E-state index < -0.39 is 5.97 Å². The van der Waals surface area contributed by atoms with Gasteiger partial charge in [-0.1, -0.05) is 35.4 Å². The molecule has 2 N–H and O–H groups in total. The van der Waals surface area contributed by atoms with E-state index >= 15 is 0 Å². The average molecular weight is 618 g/mol. The Labute approximate surface area is 263 Å². The summed E-state index contributed by atoms with van der Waals surface area (Å²) in [5, 5.41) is 14.0. The summed E-state index contributed by atoms with van der Waals surface area (Å²) in [7, 11) is 2.17. The summed E-state index contributed by atoms with van der Waals surface area (Å²) < 4.78 is 8.49. The van der Waals surface area contributed by atoms with Crippen molar-refractivity contribution >= 4 is 34.6 Å². The van der Waals surface area contributed by atoms with Gasteiger partial charge in [0.25, 0.3) is 0 Å². The second-order valence-electron chi connectivity index (χ2n) is 12.1. The maximum atomic E-state index is 12.1. The van der Waals surface area contributed by atoms with Crippen molar-refractivity contribution in [3.8, 4) is 17.1 Å². The number of carboxylic acid groups (broad SMARTS) is 1. The van der Waals surface area contributed by atoms with Crippen LogP contribution in [0.5, 0.6) is 5.75 Å². The minimum absolute atomic E-state index is 0.134. The molecule has 4 aromatic rings. The molecular formula is C33H40ClN7O3. The van der Waals surface area contributed by atoms with Crippen molar-refractivity contribution in [3.05, 3.63) is 64.4 Å². The van der Waals surface area contributed by atoms with Crippen molar-refractivity contribution in [2.75, 3.05) is 51.7 Å². The van der Waals surface area contributed by atoms with Crippen molar-refractivity contribution in [2.45, 2.75) is 45.7 Å². The van der Waals surface area contributed by atoms with Crippen LogP contribution in [-0.2, 0) is 6.54 Å². The molecule has 0 unspecified atom stereocenters. The molecule has 1 aliphatic heterocycles. The van der Waals surface area contributed by atoms with Crippen LogP contribution >= 0.6 is 11.6 Å². The lowest BCUT2D eigenvalue weighted by atomic mass is 10.1. The topological polar surface area (TPSA) is 109 Å². The van der Waals surface area contributed by atoms with Crippen LogP contribution in [0.25, 0.3) is 22.6 Å². The molecule has 232 valence electrons. The van der Waals surface area contributed by atoms with Gasteiger partial charge in [-0.2, -0.15) is 0 Å². The van der Waals surface area contributed by atoms with E-state index in [1.807, 2.05) is 43.3 Å². The third-order valence-electron chi connectivity index (χ3n) is 8.59. The molecule has 0 bridgehead atoms. The standard InChI is InChI=1S/C33H40ClN7O3/c1-21-5-12-27(44-18-4-13-40-16-14-39(3)15-17-40)26(19-21)32-38-30-28(41(32)20-23-6-10-25(34)11-7-23)29(35-22(2)24-8-9-24)36-31(37-30)33(42)43/h5-7,10-12,19,22,24H,4,8-9,13-18,20H2,1-3H3,(H,42,43)(H,35,36,37)/t22-/m1/s1. The zero-order valence-electron chi connectivity index (χ0n) is 25.6. The molecule has 0 spiro atoms. The molecule has 6 rings (SSSR count). The summed E-state index contributed by atoms with van der Waals surface area (Å²) in [5.74, 6) is 0.906. The predicted octanol–water partition coefficient (Wildman–Crippen LogP) is 5.43. The fourth-order valence-electron chi connectivity index (χ4n) is 5.78. The third kappa shape index (κ3) is 6.98. The van der Waals surface area contributed by atoms with Crippen LogP contribution in [0.1, 0.15) is 47.9 Å². The summed E-state index contributed by atoms with van der Waals surface area (Å²) in [6.45, 7) is 10.5. The number of hydrogen-bond acceptors (Lipinski definition) is 8. The summed E-state index contributed by atoms with van der Waals surface area (Å²) >= 11 is 6.21. The maximum absolute atomic E-state index is 12.1. The largest absolute Gasteiger partial charge is 0.493 e. The van der Waals surface area contributed by atoms with Gasteiger partial charge >= 0.3 is 5.97 Å². The number of hydrogen-bond donors (Lipinski definition) is 2. The normalized spacial score (nSPS) is 16.7. The van der Waals surface area contributed by atoms with Gasteiger partial charge in [-0.3, -0.25) is 0 Å². The maximum Gasteiger partial charge on any atom is 0.374 e. The third-order valence-corrected chi connectivity index (χ3v) is 8.84. The van der Waals surface area contributed by atoms with Gasteiger partial charge in [-0.15, -0.1) is 0 Å².